The molecule has 2 saturated carbocycles. The van der Waals surface area contributed by atoms with E-state index in [2.05, 4.69) is 43.3 Å². The Morgan fingerprint density at radius 3 is 2.70 bits per heavy atom. The molecule has 0 radical (unpaired) electrons. The van der Waals surface area contributed by atoms with Crippen LogP contribution in [0.25, 0.3) is 0 Å². The van der Waals surface area contributed by atoms with Gasteiger partial charge in [-0.05, 0) is 96.4 Å². The highest BCUT2D eigenvalue weighted by molar-refractivity contribution is 5.40. The van der Waals surface area contributed by atoms with Gasteiger partial charge in [0, 0.05) is 0 Å². The minimum absolute atomic E-state index is 0.0645. The summed E-state index contributed by atoms with van der Waals surface area (Å²) < 4.78 is 0. The number of rotatable bonds is 2. The van der Waals surface area contributed by atoms with Gasteiger partial charge < -0.3 is 10.2 Å². The Balaban J connectivity index is 1.49. The number of fused-ring (bicyclic) bond motifs is 5. The normalized spacial score (nSPS) is 37.3. The number of benzene rings is 2. The summed E-state index contributed by atoms with van der Waals surface area (Å²) >= 11 is 0. The monoisotopic (exact) mass is 362 g/mol. The molecule has 27 heavy (non-hydrogen) atoms. The zero-order valence-electron chi connectivity index (χ0n) is 16.1. The summed E-state index contributed by atoms with van der Waals surface area (Å²) in [6.45, 7) is 2.36. The van der Waals surface area contributed by atoms with Crippen LogP contribution in [0.3, 0.4) is 0 Å². The molecular formula is C25H30O2. The second-order valence-corrected chi connectivity index (χ2v) is 9.46. The molecule has 2 fully saturated rings. The summed E-state index contributed by atoms with van der Waals surface area (Å²) in [5.41, 5.74) is 4.28. The third kappa shape index (κ3) is 2.72. The molecule has 0 amide bonds. The molecule has 2 nitrogen and oxygen atoms in total. The second-order valence-electron chi connectivity index (χ2n) is 9.46. The van der Waals surface area contributed by atoms with E-state index in [4.69, 9.17) is 0 Å². The fourth-order valence-electron chi connectivity index (χ4n) is 6.95. The van der Waals surface area contributed by atoms with Gasteiger partial charge in [0.1, 0.15) is 5.75 Å². The Labute approximate surface area is 162 Å². The Kier molecular flexibility index (Phi) is 4.09. The third-order valence-corrected chi connectivity index (χ3v) is 8.14. The van der Waals surface area contributed by atoms with Crippen LogP contribution in [-0.4, -0.2) is 16.3 Å². The Morgan fingerprint density at radius 1 is 1.07 bits per heavy atom. The van der Waals surface area contributed by atoms with Crippen LogP contribution in [0.15, 0.2) is 48.5 Å². The van der Waals surface area contributed by atoms with Crippen molar-refractivity contribution >= 4 is 0 Å². The summed E-state index contributed by atoms with van der Waals surface area (Å²) in [5.74, 6) is 2.81. The summed E-state index contributed by atoms with van der Waals surface area (Å²) in [4.78, 5) is 0. The Hall–Kier alpha value is -1.80. The number of hydrogen-bond acceptors (Lipinski definition) is 2. The van der Waals surface area contributed by atoms with E-state index in [1.165, 1.54) is 29.5 Å². The molecule has 2 unspecified atom stereocenters. The highest BCUT2D eigenvalue weighted by atomic mass is 16.3. The van der Waals surface area contributed by atoms with E-state index >= 15 is 0 Å². The summed E-state index contributed by atoms with van der Waals surface area (Å²) in [7, 11) is 0. The molecule has 0 heterocycles. The van der Waals surface area contributed by atoms with Crippen LogP contribution in [0.1, 0.15) is 55.2 Å². The molecule has 142 valence electrons. The van der Waals surface area contributed by atoms with Gasteiger partial charge in [-0.25, -0.2) is 0 Å². The lowest BCUT2D eigenvalue weighted by Gasteiger charge is -2.51. The zero-order valence-corrected chi connectivity index (χ0v) is 16.1. The molecule has 5 rings (SSSR count). The SMILES string of the molecule is C[C@]12CC[C@@H]3c4ccc(O)cc4CC[C@H]3[C@@H]1C(Cc1ccccc1)CC2O. The van der Waals surface area contributed by atoms with Gasteiger partial charge in [0.15, 0.2) is 0 Å². The highest BCUT2D eigenvalue weighted by Crippen LogP contribution is 2.63. The lowest BCUT2D eigenvalue weighted by molar-refractivity contribution is -0.0298. The summed E-state index contributed by atoms with van der Waals surface area (Å²) in [6, 6.07) is 16.8. The first kappa shape index (κ1) is 17.3. The number of aliphatic hydroxyl groups is 1. The number of aromatic hydroxyl groups is 1. The van der Waals surface area contributed by atoms with E-state index in [0.29, 0.717) is 29.4 Å². The number of phenolic OH excluding ortho intramolecular Hbond substituents is 1. The van der Waals surface area contributed by atoms with Gasteiger partial charge in [0.2, 0.25) is 0 Å². The Bertz CT molecular complexity index is 829. The molecule has 3 aliphatic rings. The first-order chi connectivity index (χ1) is 13.1. The van der Waals surface area contributed by atoms with Gasteiger partial charge in [-0.2, -0.15) is 0 Å². The van der Waals surface area contributed by atoms with Crippen LogP contribution >= 0.6 is 0 Å². The molecule has 0 aliphatic heterocycles. The van der Waals surface area contributed by atoms with Crippen LogP contribution in [0.5, 0.6) is 5.75 Å². The van der Waals surface area contributed by atoms with Crippen molar-refractivity contribution in [3.8, 4) is 5.75 Å². The van der Waals surface area contributed by atoms with Crippen LogP contribution in [0, 0.1) is 23.2 Å². The van der Waals surface area contributed by atoms with Crippen LogP contribution in [0.2, 0.25) is 0 Å². The standard InChI is InChI=1S/C25H30O2/c1-25-12-11-21-20-10-8-19(26)14-17(20)7-9-22(21)24(25)18(15-23(25)27)13-16-5-3-2-4-6-16/h2-6,8,10,14,18,21-24,26-27H,7,9,11-13,15H2,1H3/t18?,21-,22-,23?,24+,25-/m1/s1. The minimum atomic E-state index is -0.168. The number of aryl methyl sites for hydroxylation is 1. The van der Waals surface area contributed by atoms with Gasteiger partial charge in [-0.15, -0.1) is 0 Å². The summed E-state index contributed by atoms with van der Waals surface area (Å²) in [5, 5.41) is 20.9. The van der Waals surface area contributed by atoms with Crippen molar-refractivity contribution in [3.63, 3.8) is 0 Å². The maximum atomic E-state index is 11.0. The molecular weight excluding hydrogens is 332 g/mol. The van der Waals surface area contributed by atoms with Gasteiger partial charge in [0.05, 0.1) is 6.10 Å². The fraction of sp³-hybridized carbons (Fsp3) is 0.520. The van der Waals surface area contributed by atoms with Crippen molar-refractivity contribution in [2.24, 2.45) is 23.2 Å². The van der Waals surface area contributed by atoms with Gasteiger partial charge >= 0.3 is 0 Å². The molecule has 0 spiro atoms. The molecule has 2 aromatic carbocycles. The van der Waals surface area contributed by atoms with E-state index in [0.717, 1.165) is 25.7 Å². The first-order valence-electron chi connectivity index (χ1n) is 10.6. The number of phenols is 1. The predicted molar refractivity (Wildman–Crippen MR) is 108 cm³/mol. The lowest BCUT2D eigenvalue weighted by atomic mass is 9.53. The lowest BCUT2D eigenvalue weighted by Crippen LogP contribution is -2.45. The van der Waals surface area contributed by atoms with Gasteiger partial charge in [-0.1, -0.05) is 43.3 Å². The molecule has 0 bridgehead atoms. The molecule has 0 aromatic heterocycles. The third-order valence-electron chi connectivity index (χ3n) is 8.14. The fourth-order valence-corrected chi connectivity index (χ4v) is 6.95. The minimum Gasteiger partial charge on any atom is -0.508 e. The number of aliphatic hydroxyl groups excluding tert-OH is 1. The van der Waals surface area contributed by atoms with E-state index in [1.54, 1.807) is 0 Å². The average molecular weight is 363 g/mol. The molecule has 2 aromatic rings. The largest absolute Gasteiger partial charge is 0.508 e. The van der Waals surface area contributed by atoms with Crippen molar-refractivity contribution in [3.05, 3.63) is 65.2 Å². The van der Waals surface area contributed by atoms with Gasteiger partial charge in [0.25, 0.3) is 0 Å². The van der Waals surface area contributed by atoms with E-state index in [-0.39, 0.29) is 11.5 Å². The molecule has 2 heteroatoms. The smallest absolute Gasteiger partial charge is 0.115 e. The Morgan fingerprint density at radius 2 is 1.89 bits per heavy atom. The molecule has 3 aliphatic carbocycles. The second kappa shape index (κ2) is 6.38. The molecule has 2 N–H and O–H groups in total. The van der Waals surface area contributed by atoms with Crippen molar-refractivity contribution < 1.29 is 10.2 Å². The van der Waals surface area contributed by atoms with Gasteiger partial charge in [-0.3, -0.25) is 0 Å². The van der Waals surface area contributed by atoms with Crippen LogP contribution < -0.4 is 0 Å². The number of hydrogen-bond donors (Lipinski definition) is 2. The zero-order chi connectivity index (χ0) is 18.6. The maximum absolute atomic E-state index is 11.0. The highest BCUT2D eigenvalue weighted by Gasteiger charge is 2.58. The molecule has 6 atom stereocenters. The quantitative estimate of drug-likeness (QED) is 0.782. The topological polar surface area (TPSA) is 40.5 Å². The van der Waals surface area contributed by atoms with Crippen molar-refractivity contribution in [2.45, 2.75) is 57.5 Å². The van der Waals surface area contributed by atoms with Crippen molar-refractivity contribution in [1.82, 2.24) is 0 Å². The van der Waals surface area contributed by atoms with E-state index in [9.17, 15) is 10.2 Å². The average Bonchev–Trinajstić information content (AvgIpc) is 2.92. The van der Waals surface area contributed by atoms with Crippen molar-refractivity contribution in [1.29, 1.82) is 0 Å². The van der Waals surface area contributed by atoms with Crippen LogP contribution in [-0.2, 0) is 12.8 Å². The predicted octanol–water partition coefficient (Wildman–Crippen LogP) is 5.08. The maximum Gasteiger partial charge on any atom is 0.115 e. The van der Waals surface area contributed by atoms with E-state index < -0.39 is 0 Å². The van der Waals surface area contributed by atoms with Crippen molar-refractivity contribution in [2.75, 3.05) is 0 Å². The van der Waals surface area contributed by atoms with Crippen LogP contribution in [0.4, 0.5) is 0 Å². The summed E-state index contributed by atoms with van der Waals surface area (Å²) in [6.07, 6.45) is 6.41. The molecule has 0 saturated heterocycles. The first-order valence-corrected chi connectivity index (χ1v) is 10.6. The van der Waals surface area contributed by atoms with E-state index in [1.807, 2.05) is 12.1 Å².